The molecule has 0 aromatic rings. The fraction of sp³-hybridized carbons (Fsp3) is 0.300. The maximum absolute atomic E-state index is 8.55. The van der Waals surface area contributed by atoms with Crippen molar-refractivity contribution in [1.82, 2.24) is 4.90 Å². The first-order chi connectivity index (χ1) is 5.86. The molecule has 0 aliphatic carbocycles. The summed E-state index contributed by atoms with van der Waals surface area (Å²) in [7, 11) is 0. The Morgan fingerprint density at radius 1 is 1.75 bits per heavy atom. The maximum Gasteiger partial charge on any atom is 0.0989 e. The molecule has 0 unspecified atom stereocenters. The largest absolute Gasteiger partial charge is 0.373 e. The Hall–Kier alpha value is -1.49. The van der Waals surface area contributed by atoms with Crippen molar-refractivity contribution in [3.63, 3.8) is 0 Å². The van der Waals surface area contributed by atoms with Crippen LogP contribution in [-0.2, 0) is 0 Å². The van der Waals surface area contributed by atoms with Gasteiger partial charge in [-0.05, 0) is 18.6 Å². The monoisotopic (exact) mass is 160 g/mol. The van der Waals surface area contributed by atoms with Crippen molar-refractivity contribution >= 4 is 0 Å². The van der Waals surface area contributed by atoms with Gasteiger partial charge in [0, 0.05) is 19.3 Å². The van der Waals surface area contributed by atoms with Crippen LogP contribution < -0.4 is 0 Å². The second-order valence-electron chi connectivity index (χ2n) is 2.66. The molecule has 0 saturated carbocycles. The number of nitriles is 1. The minimum absolute atomic E-state index is 0.754. The Balaban J connectivity index is 2.39. The van der Waals surface area contributed by atoms with Crippen LogP contribution in [-0.4, -0.2) is 18.0 Å². The van der Waals surface area contributed by atoms with Gasteiger partial charge >= 0.3 is 0 Å². The van der Waals surface area contributed by atoms with Crippen LogP contribution in [0.4, 0.5) is 0 Å². The molecule has 2 heteroatoms. The highest BCUT2D eigenvalue weighted by Crippen LogP contribution is 2.05. The van der Waals surface area contributed by atoms with E-state index in [1.165, 1.54) is 0 Å². The second-order valence-corrected chi connectivity index (χ2v) is 2.66. The highest BCUT2D eigenvalue weighted by molar-refractivity contribution is 5.34. The Morgan fingerprint density at radius 2 is 2.58 bits per heavy atom. The Labute approximate surface area is 73.1 Å². The predicted molar refractivity (Wildman–Crippen MR) is 49.2 cm³/mol. The Kier molecular flexibility index (Phi) is 3.16. The molecule has 0 radical (unpaired) electrons. The van der Waals surface area contributed by atoms with Crippen molar-refractivity contribution in [2.75, 3.05) is 13.1 Å². The van der Waals surface area contributed by atoms with E-state index >= 15 is 0 Å². The molecule has 0 fully saturated rings. The van der Waals surface area contributed by atoms with Gasteiger partial charge in [-0.15, -0.1) is 6.58 Å². The number of rotatable bonds is 3. The van der Waals surface area contributed by atoms with Crippen LogP contribution in [0.1, 0.15) is 6.42 Å². The van der Waals surface area contributed by atoms with Gasteiger partial charge in [-0.1, -0.05) is 6.08 Å². The summed E-state index contributed by atoms with van der Waals surface area (Å²) in [6.07, 6.45) is 8.62. The summed E-state index contributed by atoms with van der Waals surface area (Å²) in [5.41, 5.74) is 0.754. The van der Waals surface area contributed by atoms with Gasteiger partial charge in [-0.2, -0.15) is 5.26 Å². The summed E-state index contributed by atoms with van der Waals surface area (Å²) in [5.74, 6) is 0. The molecule has 1 rings (SSSR count). The van der Waals surface area contributed by atoms with Crippen LogP contribution in [0.15, 0.2) is 36.6 Å². The fourth-order valence-electron chi connectivity index (χ4n) is 1.04. The standard InChI is InChI=1S/C10H12N2/c1-2-3-6-12-7-4-10(9-11)5-8-12/h2,4-5,7H,1,3,6,8H2. The van der Waals surface area contributed by atoms with Crippen molar-refractivity contribution in [2.24, 2.45) is 0 Å². The van der Waals surface area contributed by atoms with Gasteiger partial charge < -0.3 is 4.90 Å². The molecule has 1 aliphatic heterocycles. The Morgan fingerprint density at radius 3 is 3.08 bits per heavy atom. The third kappa shape index (κ3) is 2.28. The van der Waals surface area contributed by atoms with Crippen molar-refractivity contribution in [3.8, 4) is 6.07 Å². The van der Waals surface area contributed by atoms with E-state index in [2.05, 4.69) is 17.5 Å². The van der Waals surface area contributed by atoms with E-state index < -0.39 is 0 Å². The normalized spacial score (nSPS) is 15.2. The molecule has 0 bridgehead atoms. The average molecular weight is 160 g/mol. The zero-order valence-corrected chi connectivity index (χ0v) is 7.03. The lowest BCUT2D eigenvalue weighted by molar-refractivity contribution is 0.418. The van der Waals surface area contributed by atoms with E-state index in [1.54, 1.807) is 0 Å². The van der Waals surface area contributed by atoms with Crippen LogP contribution in [0.5, 0.6) is 0 Å². The van der Waals surface area contributed by atoms with Gasteiger partial charge in [0.25, 0.3) is 0 Å². The van der Waals surface area contributed by atoms with Gasteiger partial charge in [-0.3, -0.25) is 0 Å². The summed E-state index contributed by atoms with van der Waals surface area (Å²) in [5, 5.41) is 8.55. The summed E-state index contributed by atoms with van der Waals surface area (Å²) in [6.45, 7) is 5.48. The molecule has 12 heavy (non-hydrogen) atoms. The SMILES string of the molecule is C=CCCN1C=CC(C#N)=CC1. The highest BCUT2D eigenvalue weighted by Gasteiger charge is 2.01. The molecule has 1 aliphatic rings. The molecule has 0 saturated heterocycles. The van der Waals surface area contributed by atoms with E-state index in [-0.39, 0.29) is 0 Å². The van der Waals surface area contributed by atoms with Gasteiger partial charge in [-0.25, -0.2) is 0 Å². The summed E-state index contributed by atoms with van der Waals surface area (Å²) < 4.78 is 0. The van der Waals surface area contributed by atoms with Crippen LogP contribution in [0.3, 0.4) is 0 Å². The van der Waals surface area contributed by atoms with E-state index in [9.17, 15) is 0 Å². The molecule has 1 heterocycles. The number of hydrogen-bond donors (Lipinski definition) is 0. The minimum atomic E-state index is 0.754. The molecular formula is C10H12N2. The first-order valence-electron chi connectivity index (χ1n) is 4.00. The van der Waals surface area contributed by atoms with Gasteiger partial charge in [0.2, 0.25) is 0 Å². The lowest BCUT2D eigenvalue weighted by Gasteiger charge is -2.20. The molecule has 0 aromatic carbocycles. The van der Waals surface area contributed by atoms with E-state index in [0.717, 1.165) is 25.1 Å². The fourth-order valence-corrected chi connectivity index (χ4v) is 1.04. The van der Waals surface area contributed by atoms with Crippen LogP contribution in [0.25, 0.3) is 0 Å². The summed E-state index contributed by atoms with van der Waals surface area (Å²) in [6, 6.07) is 2.11. The van der Waals surface area contributed by atoms with Gasteiger partial charge in [0.15, 0.2) is 0 Å². The summed E-state index contributed by atoms with van der Waals surface area (Å²) in [4.78, 5) is 2.16. The number of nitrogens with zero attached hydrogens (tertiary/aromatic N) is 2. The van der Waals surface area contributed by atoms with Crippen molar-refractivity contribution in [1.29, 1.82) is 5.26 Å². The van der Waals surface area contributed by atoms with Crippen molar-refractivity contribution < 1.29 is 0 Å². The van der Waals surface area contributed by atoms with Crippen molar-refractivity contribution in [2.45, 2.75) is 6.42 Å². The molecule has 0 N–H and O–H groups in total. The van der Waals surface area contributed by atoms with Crippen LogP contribution >= 0.6 is 0 Å². The first kappa shape index (κ1) is 8.61. The van der Waals surface area contributed by atoms with E-state index in [1.807, 2.05) is 24.4 Å². The van der Waals surface area contributed by atoms with E-state index in [4.69, 9.17) is 5.26 Å². The molecule has 62 valence electrons. The zero-order chi connectivity index (χ0) is 8.81. The zero-order valence-electron chi connectivity index (χ0n) is 7.03. The average Bonchev–Trinajstić information content (AvgIpc) is 2.15. The number of hydrogen-bond acceptors (Lipinski definition) is 2. The Bertz CT molecular complexity index is 256. The van der Waals surface area contributed by atoms with Crippen molar-refractivity contribution in [3.05, 3.63) is 36.6 Å². The maximum atomic E-state index is 8.55. The van der Waals surface area contributed by atoms with Crippen LogP contribution in [0, 0.1) is 11.3 Å². The predicted octanol–water partition coefficient (Wildman–Crippen LogP) is 1.84. The topological polar surface area (TPSA) is 27.0 Å². The second kappa shape index (κ2) is 4.40. The molecular weight excluding hydrogens is 148 g/mol. The van der Waals surface area contributed by atoms with Crippen LogP contribution in [0.2, 0.25) is 0 Å². The van der Waals surface area contributed by atoms with E-state index in [0.29, 0.717) is 0 Å². The molecule has 0 amide bonds. The number of allylic oxidation sites excluding steroid dienone is 2. The molecule has 2 nitrogen and oxygen atoms in total. The highest BCUT2D eigenvalue weighted by atomic mass is 15.1. The van der Waals surface area contributed by atoms with Gasteiger partial charge in [0.05, 0.1) is 11.6 Å². The lowest BCUT2D eigenvalue weighted by atomic mass is 10.2. The third-order valence-corrected chi connectivity index (χ3v) is 1.76. The quantitative estimate of drug-likeness (QED) is 0.589. The molecule has 0 aromatic heterocycles. The molecule has 0 spiro atoms. The summed E-state index contributed by atoms with van der Waals surface area (Å²) >= 11 is 0. The van der Waals surface area contributed by atoms with Gasteiger partial charge in [0.1, 0.15) is 0 Å². The smallest absolute Gasteiger partial charge is 0.0989 e. The minimum Gasteiger partial charge on any atom is -0.373 e. The lowest BCUT2D eigenvalue weighted by Crippen LogP contribution is -2.20. The third-order valence-electron chi connectivity index (χ3n) is 1.76. The first-order valence-corrected chi connectivity index (χ1v) is 4.00. The molecule has 0 atom stereocenters.